The molecule has 54 valence electrons. The maximum atomic E-state index is 5.37. The first kappa shape index (κ1) is 7.22. The Kier molecular flexibility index (Phi) is 2.40. The van der Waals surface area contributed by atoms with Crippen LogP contribution in [0.1, 0.15) is 11.3 Å². The minimum atomic E-state index is 0.699. The molecule has 1 heterocycles. The van der Waals surface area contributed by atoms with Gasteiger partial charge in [-0.1, -0.05) is 6.07 Å². The summed E-state index contributed by atoms with van der Waals surface area (Å²) in [7, 11) is 0. The lowest BCUT2D eigenvalue weighted by atomic mass is 10.2. The van der Waals surface area contributed by atoms with Gasteiger partial charge in [0.1, 0.15) is 0 Å². The number of nitrogens with zero attached hydrogens (tertiary/aromatic N) is 1. The highest BCUT2D eigenvalue weighted by atomic mass is 14.7. The molecule has 0 atom stereocenters. The molecule has 10 heavy (non-hydrogen) atoms. The van der Waals surface area contributed by atoms with Gasteiger partial charge in [0, 0.05) is 11.9 Å². The SMILES string of the molecule is Cc1ccc(CCN)cn1. The molecule has 2 heteroatoms. The molecule has 0 amide bonds. The first-order valence-electron chi connectivity index (χ1n) is 3.44. The van der Waals surface area contributed by atoms with Gasteiger partial charge in [0.05, 0.1) is 0 Å². The Labute approximate surface area is 61.1 Å². The van der Waals surface area contributed by atoms with Crippen LogP contribution >= 0.6 is 0 Å². The number of aryl methyl sites for hydroxylation is 1. The molecule has 1 aromatic rings. The highest BCUT2D eigenvalue weighted by molar-refractivity contribution is 5.13. The largest absolute Gasteiger partial charge is 0.330 e. The number of hydrogen-bond acceptors (Lipinski definition) is 2. The van der Waals surface area contributed by atoms with E-state index in [1.165, 1.54) is 5.56 Å². The molecule has 0 saturated carbocycles. The molecule has 0 fully saturated rings. The topological polar surface area (TPSA) is 38.9 Å². The van der Waals surface area contributed by atoms with Crippen molar-refractivity contribution < 1.29 is 0 Å². The third-order valence-electron chi connectivity index (χ3n) is 1.41. The highest BCUT2D eigenvalue weighted by Crippen LogP contribution is 1.98. The molecule has 0 unspecified atom stereocenters. The Hall–Kier alpha value is -0.890. The quantitative estimate of drug-likeness (QED) is 0.655. The number of rotatable bonds is 2. The minimum absolute atomic E-state index is 0.699. The minimum Gasteiger partial charge on any atom is -0.330 e. The van der Waals surface area contributed by atoms with Crippen molar-refractivity contribution in [3.63, 3.8) is 0 Å². The molecule has 0 saturated heterocycles. The van der Waals surface area contributed by atoms with Crippen molar-refractivity contribution in [2.75, 3.05) is 6.54 Å². The summed E-state index contributed by atoms with van der Waals surface area (Å²) >= 11 is 0. The van der Waals surface area contributed by atoms with E-state index in [9.17, 15) is 0 Å². The third kappa shape index (κ3) is 1.81. The van der Waals surface area contributed by atoms with Crippen LogP contribution in [-0.4, -0.2) is 11.5 Å². The van der Waals surface area contributed by atoms with Gasteiger partial charge in [0.2, 0.25) is 0 Å². The lowest BCUT2D eigenvalue weighted by molar-refractivity contribution is 0.954. The van der Waals surface area contributed by atoms with Crippen LogP contribution in [0.4, 0.5) is 0 Å². The molecule has 0 aromatic carbocycles. The standard InChI is InChI=1S/C8H12N2/c1-7-2-3-8(4-5-9)6-10-7/h2-3,6H,4-5,9H2,1H3. The predicted molar refractivity (Wildman–Crippen MR) is 41.7 cm³/mol. The Bertz CT molecular complexity index is 191. The van der Waals surface area contributed by atoms with E-state index in [4.69, 9.17) is 5.73 Å². The molecule has 0 spiro atoms. The molecule has 1 rings (SSSR count). The second-order valence-corrected chi connectivity index (χ2v) is 2.35. The number of nitrogens with two attached hydrogens (primary N) is 1. The van der Waals surface area contributed by atoms with Crippen LogP contribution in [0.25, 0.3) is 0 Å². The molecular weight excluding hydrogens is 124 g/mol. The van der Waals surface area contributed by atoms with Crippen molar-refractivity contribution in [1.82, 2.24) is 4.98 Å². The predicted octanol–water partition coefficient (Wildman–Crippen LogP) is 0.891. The van der Waals surface area contributed by atoms with Crippen LogP contribution in [0.3, 0.4) is 0 Å². The van der Waals surface area contributed by atoms with Crippen molar-refractivity contribution >= 4 is 0 Å². The average Bonchev–Trinajstić information content (AvgIpc) is 1.95. The van der Waals surface area contributed by atoms with E-state index in [0.717, 1.165) is 12.1 Å². The van der Waals surface area contributed by atoms with E-state index in [1.54, 1.807) is 0 Å². The van der Waals surface area contributed by atoms with Crippen molar-refractivity contribution in [3.05, 3.63) is 29.6 Å². The monoisotopic (exact) mass is 136 g/mol. The van der Waals surface area contributed by atoms with Crippen LogP contribution in [0.15, 0.2) is 18.3 Å². The lowest BCUT2D eigenvalue weighted by Crippen LogP contribution is -2.02. The first-order chi connectivity index (χ1) is 4.83. The van der Waals surface area contributed by atoms with Gasteiger partial charge in [-0.15, -0.1) is 0 Å². The summed E-state index contributed by atoms with van der Waals surface area (Å²) in [6.45, 7) is 2.68. The molecule has 0 aliphatic rings. The Morgan fingerprint density at radius 3 is 2.80 bits per heavy atom. The highest BCUT2D eigenvalue weighted by Gasteiger charge is 1.89. The van der Waals surface area contributed by atoms with Gasteiger partial charge in [-0.05, 0) is 31.5 Å². The van der Waals surface area contributed by atoms with E-state index >= 15 is 0 Å². The molecule has 0 aliphatic heterocycles. The van der Waals surface area contributed by atoms with Crippen molar-refractivity contribution in [1.29, 1.82) is 0 Å². The van der Waals surface area contributed by atoms with Gasteiger partial charge in [-0.2, -0.15) is 0 Å². The normalized spacial score (nSPS) is 9.80. The number of aromatic nitrogens is 1. The zero-order chi connectivity index (χ0) is 7.40. The van der Waals surface area contributed by atoms with E-state index in [-0.39, 0.29) is 0 Å². The van der Waals surface area contributed by atoms with Crippen molar-refractivity contribution in [2.45, 2.75) is 13.3 Å². The second kappa shape index (κ2) is 3.32. The fourth-order valence-corrected chi connectivity index (χ4v) is 0.813. The van der Waals surface area contributed by atoms with Gasteiger partial charge in [-0.25, -0.2) is 0 Å². The van der Waals surface area contributed by atoms with E-state index in [1.807, 2.05) is 19.2 Å². The molecular formula is C8H12N2. The van der Waals surface area contributed by atoms with Crippen LogP contribution in [0.5, 0.6) is 0 Å². The fraction of sp³-hybridized carbons (Fsp3) is 0.375. The van der Waals surface area contributed by atoms with E-state index in [2.05, 4.69) is 11.1 Å². The van der Waals surface area contributed by atoms with Gasteiger partial charge in [0.25, 0.3) is 0 Å². The van der Waals surface area contributed by atoms with Crippen LogP contribution in [0, 0.1) is 6.92 Å². The second-order valence-electron chi connectivity index (χ2n) is 2.35. The van der Waals surface area contributed by atoms with Gasteiger partial charge < -0.3 is 5.73 Å². The third-order valence-corrected chi connectivity index (χ3v) is 1.41. The van der Waals surface area contributed by atoms with E-state index in [0.29, 0.717) is 6.54 Å². The smallest absolute Gasteiger partial charge is 0.0372 e. The van der Waals surface area contributed by atoms with Gasteiger partial charge in [-0.3, -0.25) is 4.98 Å². The summed E-state index contributed by atoms with van der Waals surface area (Å²) in [5.41, 5.74) is 7.64. The summed E-state index contributed by atoms with van der Waals surface area (Å²) in [4.78, 5) is 4.14. The van der Waals surface area contributed by atoms with Crippen molar-refractivity contribution in [2.24, 2.45) is 5.73 Å². The molecule has 0 bridgehead atoms. The Morgan fingerprint density at radius 1 is 1.50 bits per heavy atom. The summed E-state index contributed by atoms with van der Waals surface area (Å²) in [5.74, 6) is 0. The van der Waals surface area contributed by atoms with Crippen LogP contribution in [0.2, 0.25) is 0 Å². The van der Waals surface area contributed by atoms with E-state index < -0.39 is 0 Å². The summed E-state index contributed by atoms with van der Waals surface area (Å²) in [6, 6.07) is 4.07. The summed E-state index contributed by atoms with van der Waals surface area (Å²) in [6.07, 6.45) is 2.80. The summed E-state index contributed by atoms with van der Waals surface area (Å²) < 4.78 is 0. The number of hydrogen-bond donors (Lipinski definition) is 1. The maximum absolute atomic E-state index is 5.37. The zero-order valence-electron chi connectivity index (χ0n) is 6.17. The lowest BCUT2D eigenvalue weighted by Gasteiger charge is -1.96. The van der Waals surface area contributed by atoms with Crippen molar-refractivity contribution in [3.8, 4) is 0 Å². The van der Waals surface area contributed by atoms with Crippen LogP contribution < -0.4 is 5.73 Å². The van der Waals surface area contributed by atoms with Gasteiger partial charge >= 0.3 is 0 Å². The molecule has 0 aliphatic carbocycles. The zero-order valence-corrected chi connectivity index (χ0v) is 6.17. The van der Waals surface area contributed by atoms with Gasteiger partial charge in [0.15, 0.2) is 0 Å². The average molecular weight is 136 g/mol. The Balaban J connectivity index is 2.69. The Morgan fingerprint density at radius 2 is 2.30 bits per heavy atom. The number of pyridine rings is 1. The maximum Gasteiger partial charge on any atom is 0.0372 e. The molecule has 2 nitrogen and oxygen atoms in total. The fourth-order valence-electron chi connectivity index (χ4n) is 0.813. The van der Waals surface area contributed by atoms with Crippen LogP contribution in [-0.2, 0) is 6.42 Å². The first-order valence-corrected chi connectivity index (χ1v) is 3.44. The molecule has 1 aromatic heterocycles. The molecule has 0 radical (unpaired) electrons. The summed E-state index contributed by atoms with van der Waals surface area (Å²) in [5, 5.41) is 0. The molecule has 2 N–H and O–H groups in total.